The van der Waals surface area contributed by atoms with E-state index >= 15 is 0 Å². The first-order valence-corrected chi connectivity index (χ1v) is 13.5. The summed E-state index contributed by atoms with van der Waals surface area (Å²) in [5.74, 6) is 0. The van der Waals surface area contributed by atoms with E-state index in [1.807, 2.05) is 0 Å². The molecule has 0 saturated carbocycles. The lowest BCUT2D eigenvalue weighted by atomic mass is 9.80. The Morgan fingerprint density at radius 2 is 1.23 bits per heavy atom. The van der Waals surface area contributed by atoms with Crippen molar-refractivity contribution < 1.29 is 5.73 Å². The van der Waals surface area contributed by atoms with Crippen LogP contribution in [0, 0.1) is 5.41 Å². The molecule has 0 amide bonds. The first kappa shape index (κ1) is 22.2. The van der Waals surface area contributed by atoms with Gasteiger partial charge < -0.3 is 5.73 Å². The predicted octanol–water partition coefficient (Wildman–Crippen LogP) is 6.27. The topological polar surface area (TPSA) is 27.6 Å². The monoisotopic (exact) mass is 328 g/mol. The first-order valence-electron chi connectivity index (χ1n) is 9.83. The summed E-state index contributed by atoms with van der Waals surface area (Å²) in [5, 5.41) is 0. The maximum atomic E-state index is 4.71. The van der Waals surface area contributed by atoms with E-state index in [9.17, 15) is 0 Å². The third-order valence-electron chi connectivity index (χ3n) is 4.83. The van der Waals surface area contributed by atoms with Crippen LogP contribution in [0.3, 0.4) is 0 Å². The smallest absolute Gasteiger partial charge is 0.0945 e. The summed E-state index contributed by atoms with van der Waals surface area (Å²) < 4.78 is 0. The Morgan fingerprint density at radius 1 is 0.727 bits per heavy atom. The molecular weight excluding hydrogens is 282 g/mol. The van der Waals surface area contributed by atoms with Gasteiger partial charge in [0.1, 0.15) is 0 Å². The van der Waals surface area contributed by atoms with Gasteiger partial charge in [-0.2, -0.15) is 0 Å². The van der Waals surface area contributed by atoms with Gasteiger partial charge in [0.15, 0.2) is 0 Å². The molecule has 1 unspecified atom stereocenters. The van der Waals surface area contributed by atoms with Crippen molar-refractivity contribution in [2.24, 2.45) is 5.41 Å². The molecule has 0 aromatic carbocycles. The third kappa shape index (κ3) is 13.8. The summed E-state index contributed by atoms with van der Waals surface area (Å²) >= 11 is 0. The van der Waals surface area contributed by atoms with Gasteiger partial charge in [0.25, 0.3) is 0 Å². The number of hydrogen-bond donors (Lipinski definition) is 1. The van der Waals surface area contributed by atoms with Crippen LogP contribution in [0.2, 0.25) is 25.7 Å². The van der Waals surface area contributed by atoms with Gasteiger partial charge >= 0.3 is 0 Å². The molecule has 1 nitrogen and oxygen atoms in total. The van der Waals surface area contributed by atoms with E-state index in [1.165, 1.54) is 70.3 Å². The number of unbranched alkanes of at least 4 members (excludes halogenated alkanes) is 3. The van der Waals surface area contributed by atoms with E-state index < -0.39 is 8.07 Å². The molecule has 0 spiro atoms. The molecule has 0 bridgehead atoms. The van der Waals surface area contributed by atoms with Gasteiger partial charge in [-0.1, -0.05) is 72.6 Å². The van der Waals surface area contributed by atoms with Gasteiger partial charge in [0.2, 0.25) is 0 Å². The van der Waals surface area contributed by atoms with E-state index in [0.717, 1.165) is 0 Å². The molecule has 0 aromatic heterocycles. The molecule has 0 radical (unpaired) electrons. The molecule has 0 saturated heterocycles. The maximum Gasteiger partial charge on any atom is 0.0945 e. The molecule has 0 aliphatic carbocycles. The lowest BCUT2D eigenvalue weighted by Gasteiger charge is -2.28. The Bertz CT molecular complexity index is 274. The fourth-order valence-corrected chi connectivity index (χ4v) is 4.58. The van der Waals surface area contributed by atoms with E-state index in [1.54, 1.807) is 0 Å². The van der Waals surface area contributed by atoms with Crippen LogP contribution in [0.25, 0.3) is 0 Å². The normalized spacial score (nSPS) is 15.8. The maximum absolute atomic E-state index is 4.71. The summed E-state index contributed by atoms with van der Waals surface area (Å²) in [5.41, 5.74) is 5.54. The Hall–Kier alpha value is 0.177. The van der Waals surface area contributed by atoms with Crippen LogP contribution in [-0.4, -0.2) is 13.6 Å². The molecule has 22 heavy (non-hydrogen) atoms. The minimum absolute atomic E-state index is 0.361. The summed E-state index contributed by atoms with van der Waals surface area (Å²) in [6, 6.07) is 1.49. The van der Waals surface area contributed by atoms with Gasteiger partial charge in [0.05, 0.1) is 5.54 Å². The Labute approximate surface area is 142 Å². The highest BCUT2D eigenvalue weighted by molar-refractivity contribution is 6.76. The molecule has 0 heterocycles. The minimum Gasteiger partial charge on any atom is -0.353 e. The summed E-state index contributed by atoms with van der Waals surface area (Å²) in [4.78, 5) is 0. The second kappa shape index (κ2) is 10.1. The second-order valence-electron chi connectivity index (χ2n) is 10.1. The van der Waals surface area contributed by atoms with Crippen LogP contribution >= 0.6 is 0 Å². The van der Waals surface area contributed by atoms with Crippen LogP contribution in [0.15, 0.2) is 0 Å². The van der Waals surface area contributed by atoms with Crippen molar-refractivity contribution in [2.45, 2.75) is 123 Å². The quantitative estimate of drug-likeness (QED) is 0.323. The summed E-state index contributed by atoms with van der Waals surface area (Å²) in [6.07, 6.45) is 13.6. The molecule has 0 aliphatic heterocycles. The fourth-order valence-electron chi connectivity index (χ4n) is 3.27. The molecule has 0 aliphatic rings. The van der Waals surface area contributed by atoms with Gasteiger partial charge in [-0.05, 0) is 31.1 Å². The fraction of sp³-hybridized carbons (Fsp3) is 1.00. The molecule has 2 heteroatoms. The van der Waals surface area contributed by atoms with E-state index in [4.69, 9.17) is 5.73 Å². The van der Waals surface area contributed by atoms with Crippen LogP contribution in [-0.2, 0) is 0 Å². The zero-order chi connectivity index (χ0) is 17.3. The van der Waals surface area contributed by atoms with Crippen LogP contribution < -0.4 is 5.73 Å². The minimum atomic E-state index is -0.855. The summed E-state index contributed by atoms with van der Waals surface area (Å²) in [6.45, 7) is 16.9. The highest BCUT2D eigenvalue weighted by Gasteiger charge is 2.28. The van der Waals surface area contributed by atoms with Crippen molar-refractivity contribution in [1.29, 1.82) is 0 Å². The van der Waals surface area contributed by atoms with E-state index in [-0.39, 0.29) is 0 Å². The van der Waals surface area contributed by atoms with Gasteiger partial charge in [-0.25, -0.2) is 0 Å². The molecule has 1 atom stereocenters. The van der Waals surface area contributed by atoms with E-state index in [0.29, 0.717) is 11.0 Å². The molecule has 134 valence electrons. The molecular formula is C20H46NSi+. The first-order chi connectivity index (χ1) is 9.97. The molecule has 0 aromatic rings. The van der Waals surface area contributed by atoms with Crippen molar-refractivity contribution in [3.63, 3.8) is 0 Å². The molecule has 0 fully saturated rings. The van der Waals surface area contributed by atoms with Crippen LogP contribution in [0.1, 0.15) is 91.9 Å². The zero-order valence-corrected chi connectivity index (χ0v) is 18.0. The highest BCUT2D eigenvalue weighted by Crippen LogP contribution is 2.28. The third-order valence-corrected chi connectivity index (χ3v) is 6.68. The predicted molar refractivity (Wildman–Crippen MR) is 105 cm³/mol. The van der Waals surface area contributed by atoms with Crippen molar-refractivity contribution in [3.8, 4) is 0 Å². The SMILES string of the molecule is CCCCCC([NH3+])(CCCC[Si](C)(C)C)CCCC(C)(C)C. The van der Waals surface area contributed by atoms with E-state index in [2.05, 4.69) is 47.3 Å². The standard InChI is InChI=1S/C20H45NSi/c1-8-9-10-15-20(21,17-13-14-19(2,3)4)16-11-12-18-22(5,6)7/h8-18,21H2,1-7H3/p+1. The molecule has 0 rings (SSSR count). The lowest BCUT2D eigenvalue weighted by molar-refractivity contribution is -0.484. The van der Waals surface area contributed by atoms with Crippen molar-refractivity contribution in [3.05, 3.63) is 0 Å². The van der Waals surface area contributed by atoms with Gasteiger partial charge in [-0.3, -0.25) is 0 Å². The van der Waals surface area contributed by atoms with Gasteiger partial charge in [0, 0.05) is 27.3 Å². The highest BCUT2D eigenvalue weighted by atomic mass is 28.3. The Morgan fingerprint density at radius 3 is 1.68 bits per heavy atom. The van der Waals surface area contributed by atoms with Crippen LogP contribution in [0.5, 0.6) is 0 Å². The van der Waals surface area contributed by atoms with Crippen LogP contribution in [0.4, 0.5) is 0 Å². The van der Waals surface area contributed by atoms with Crippen molar-refractivity contribution in [1.82, 2.24) is 0 Å². The average Bonchev–Trinajstić information content (AvgIpc) is 2.32. The largest absolute Gasteiger partial charge is 0.353 e. The Kier molecular flexibility index (Phi) is 10.2. The zero-order valence-electron chi connectivity index (χ0n) is 17.0. The average molecular weight is 329 g/mol. The van der Waals surface area contributed by atoms with Gasteiger partial charge in [-0.15, -0.1) is 0 Å². The number of quaternary nitrogens is 1. The van der Waals surface area contributed by atoms with Crippen molar-refractivity contribution >= 4 is 8.07 Å². The second-order valence-corrected chi connectivity index (χ2v) is 15.8. The number of hydrogen-bond acceptors (Lipinski definition) is 0. The Balaban J connectivity index is 4.26. The summed E-state index contributed by atoms with van der Waals surface area (Å²) in [7, 11) is -0.855. The lowest BCUT2D eigenvalue weighted by Crippen LogP contribution is -2.72. The number of rotatable bonds is 12. The molecule has 3 N–H and O–H groups in total. The van der Waals surface area contributed by atoms with Crippen molar-refractivity contribution in [2.75, 3.05) is 0 Å².